The molecule has 0 saturated carbocycles. The number of carbonyl (C=O) groups excluding carboxylic acids is 1. The number of methoxy groups -OCH3 is 1. The molecule has 0 saturated heterocycles. The Morgan fingerprint density at radius 3 is 2.60 bits per heavy atom. The lowest BCUT2D eigenvalue weighted by Crippen LogP contribution is -2.41. The minimum absolute atomic E-state index is 0.0970. The zero-order valence-corrected chi connectivity index (χ0v) is 25.7. The molecule has 0 spiro atoms. The molecule has 2 aromatic heterocycles. The van der Waals surface area contributed by atoms with Crippen LogP contribution >= 0.6 is 0 Å². The third-order valence-corrected chi connectivity index (χ3v) is 7.17. The highest BCUT2D eigenvalue weighted by Crippen LogP contribution is 2.21. The van der Waals surface area contributed by atoms with Crippen LogP contribution in [0.2, 0.25) is 0 Å². The first kappa shape index (κ1) is 31.7. The van der Waals surface area contributed by atoms with Gasteiger partial charge in [0.25, 0.3) is 0 Å². The molecule has 0 amide bonds. The molecule has 1 N–H and O–H groups in total. The summed E-state index contributed by atoms with van der Waals surface area (Å²) in [4.78, 5) is 31.1. The summed E-state index contributed by atoms with van der Waals surface area (Å²) in [5.74, 6) is 1.09. The van der Waals surface area contributed by atoms with Crippen LogP contribution in [-0.2, 0) is 33.5 Å². The van der Waals surface area contributed by atoms with Crippen molar-refractivity contribution in [3.63, 3.8) is 0 Å². The van der Waals surface area contributed by atoms with E-state index in [0.29, 0.717) is 12.2 Å². The summed E-state index contributed by atoms with van der Waals surface area (Å²) in [6.45, 7) is 10.2. The van der Waals surface area contributed by atoms with Crippen molar-refractivity contribution in [3.05, 3.63) is 41.5 Å². The zero-order chi connectivity index (χ0) is 29.1. The summed E-state index contributed by atoms with van der Waals surface area (Å²) in [5.41, 5.74) is 3.37. The van der Waals surface area contributed by atoms with Gasteiger partial charge >= 0.3 is 5.97 Å². The summed E-state index contributed by atoms with van der Waals surface area (Å²) >= 11 is 0. The Labute approximate surface area is 241 Å². The lowest BCUT2D eigenvalue weighted by molar-refractivity contribution is -0.156. The average molecular weight is 555 g/mol. The van der Waals surface area contributed by atoms with Gasteiger partial charge in [-0.1, -0.05) is 6.07 Å². The van der Waals surface area contributed by atoms with E-state index in [1.165, 1.54) is 42.5 Å². The van der Waals surface area contributed by atoms with E-state index >= 15 is 0 Å². The van der Waals surface area contributed by atoms with E-state index in [0.717, 1.165) is 51.1 Å². The minimum Gasteiger partial charge on any atom is -0.458 e. The molecule has 9 heteroatoms. The molecule has 9 nitrogen and oxygen atoms in total. The normalized spacial score (nSPS) is 14.9. The van der Waals surface area contributed by atoms with Crippen molar-refractivity contribution in [1.82, 2.24) is 19.9 Å². The highest BCUT2D eigenvalue weighted by molar-refractivity contribution is 5.79. The smallest absolute Gasteiger partial charge is 0.329 e. The van der Waals surface area contributed by atoms with Gasteiger partial charge in [0.2, 0.25) is 0 Å². The van der Waals surface area contributed by atoms with Crippen molar-refractivity contribution in [2.75, 3.05) is 51.1 Å². The summed E-state index contributed by atoms with van der Waals surface area (Å²) in [7, 11) is 5.59. The van der Waals surface area contributed by atoms with E-state index in [2.05, 4.69) is 39.2 Å². The summed E-state index contributed by atoms with van der Waals surface area (Å²) in [5, 5.41) is 3.31. The topological polar surface area (TPSA) is 92.7 Å². The minimum atomic E-state index is -0.577. The molecule has 222 valence electrons. The first-order valence-corrected chi connectivity index (χ1v) is 14.8. The largest absolute Gasteiger partial charge is 0.458 e. The maximum atomic E-state index is 13.2. The van der Waals surface area contributed by atoms with Crippen LogP contribution in [0.5, 0.6) is 0 Å². The lowest BCUT2D eigenvalue weighted by Gasteiger charge is -2.29. The molecular weight excluding hydrogens is 504 g/mol. The van der Waals surface area contributed by atoms with Gasteiger partial charge in [-0.05, 0) is 97.2 Å². The number of carbonyl (C=O) groups is 1. The molecule has 0 radical (unpaired) electrons. The highest BCUT2D eigenvalue weighted by atomic mass is 16.6. The number of unbranched alkanes of at least 4 members (excludes halogenated alkanes) is 1. The van der Waals surface area contributed by atoms with Gasteiger partial charge in [0.15, 0.2) is 0 Å². The molecule has 3 rings (SSSR count). The average Bonchev–Trinajstić information content (AvgIpc) is 2.91. The highest BCUT2D eigenvalue weighted by Gasteiger charge is 2.26. The molecule has 2 heterocycles. The number of nitrogens with zero attached hydrogens (tertiary/aromatic N) is 5. The number of ether oxygens (including phenoxy) is 2. The second-order valence-electron chi connectivity index (χ2n) is 12.1. The molecule has 0 aromatic carbocycles. The van der Waals surface area contributed by atoms with E-state index in [1.54, 1.807) is 7.11 Å². The lowest BCUT2D eigenvalue weighted by atomic mass is 9.95. The fourth-order valence-electron chi connectivity index (χ4n) is 4.92. The van der Waals surface area contributed by atoms with Crippen molar-refractivity contribution in [2.24, 2.45) is 0 Å². The second kappa shape index (κ2) is 15.3. The number of fused-ring (bicyclic) bond motifs is 1. The Hall–Kier alpha value is -2.78. The number of anilines is 2. The first-order chi connectivity index (χ1) is 19.0. The monoisotopic (exact) mass is 554 g/mol. The summed E-state index contributed by atoms with van der Waals surface area (Å²) < 4.78 is 11.3. The molecule has 0 bridgehead atoms. The molecule has 1 aliphatic rings. The summed E-state index contributed by atoms with van der Waals surface area (Å²) in [6.07, 6.45) is 10.1. The number of pyridine rings is 1. The number of esters is 1. The van der Waals surface area contributed by atoms with Crippen molar-refractivity contribution < 1.29 is 14.3 Å². The van der Waals surface area contributed by atoms with Crippen LogP contribution in [-0.4, -0.2) is 84.4 Å². The van der Waals surface area contributed by atoms with Crippen LogP contribution in [0, 0.1) is 0 Å². The Morgan fingerprint density at radius 2 is 1.88 bits per heavy atom. The van der Waals surface area contributed by atoms with E-state index in [9.17, 15) is 4.79 Å². The van der Waals surface area contributed by atoms with Crippen LogP contribution in [0.1, 0.15) is 76.8 Å². The number of hydrogen-bond acceptors (Lipinski definition) is 9. The predicted molar refractivity (Wildman–Crippen MR) is 161 cm³/mol. The fraction of sp³-hybridized carbons (Fsp3) is 0.677. The number of nitrogens with one attached hydrogen (secondary N) is 1. The Morgan fingerprint density at radius 1 is 1.10 bits per heavy atom. The predicted octanol–water partition coefficient (Wildman–Crippen LogP) is 4.69. The molecule has 1 aliphatic carbocycles. The standard InChI is InChI=1S/C31H50N6O3/c1-23(39-7)21-37(18-11-10-13-25-16-15-24-12-8-9-14-26(24)34-25)19-17-27(30(38)40-31(2,3)4)35-28-20-29(36(5)6)33-22-32-28/h15-16,20,22-23,27H,8-14,17-19,21H2,1-7H3,(H,32,33,35)/t23-,27+/m1/s1. The molecule has 0 aliphatic heterocycles. The molecule has 0 unspecified atom stereocenters. The van der Waals surface area contributed by atoms with Crippen LogP contribution in [0.4, 0.5) is 11.6 Å². The second-order valence-corrected chi connectivity index (χ2v) is 12.1. The van der Waals surface area contributed by atoms with E-state index < -0.39 is 11.6 Å². The van der Waals surface area contributed by atoms with Gasteiger partial charge in [-0.15, -0.1) is 0 Å². The molecule has 40 heavy (non-hydrogen) atoms. The van der Waals surface area contributed by atoms with Gasteiger partial charge in [0.1, 0.15) is 29.6 Å². The summed E-state index contributed by atoms with van der Waals surface area (Å²) in [6, 6.07) is 5.80. The van der Waals surface area contributed by atoms with Gasteiger partial charge in [0, 0.05) is 51.7 Å². The van der Waals surface area contributed by atoms with Gasteiger partial charge in [-0.2, -0.15) is 0 Å². The van der Waals surface area contributed by atoms with E-state index in [4.69, 9.17) is 14.5 Å². The van der Waals surface area contributed by atoms with Crippen molar-refractivity contribution in [2.45, 2.75) is 96.8 Å². The third kappa shape index (κ3) is 10.7. The van der Waals surface area contributed by atoms with Crippen LogP contribution < -0.4 is 10.2 Å². The maximum absolute atomic E-state index is 13.2. The van der Waals surface area contributed by atoms with Gasteiger partial charge in [0.05, 0.1) is 6.10 Å². The first-order valence-electron chi connectivity index (χ1n) is 14.8. The van der Waals surface area contributed by atoms with E-state index in [-0.39, 0.29) is 12.1 Å². The number of aromatic nitrogens is 3. The Bertz CT molecular complexity index is 1070. The maximum Gasteiger partial charge on any atom is 0.329 e. The third-order valence-electron chi connectivity index (χ3n) is 7.17. The Kier molecular flexibility index (Phi) is 12.1. The zero-order valence-electron chi connectivity index (χ0n) is 25.7. The molecule has 2 aromatic rings. The van der Waals surface area contributed by atoms with Gasteiger partial charge in [-0.3, -0.25) is 4.98 Å². The van der Waals surface area contributed by atoms with Gasteiger partial charge < -0.3 is 24.6 Å². The quantitative estimate of drug-likeness (QED) is 0.249. The molecular formula is C31H50N6O3. The fourth-order valence-corrected chi connectivity index (χ4v) is 4.92. The SMILES string of the molecule is CO[C@H](C)CN(CCCCc1ccc2c(n1)CCCC2)CC[C@H](Nc1cc(N(C)C)ncn1)C(=O)OC(C)(C)C. The molecule has 0 fully saturated rings. The number of hydrogen-bond donors (Lipinski definition) is 1. The number of aryl methyl sites for hydroxylation is 3. The van der Waals surface area contributed by atoms with Crippen LogP contribution in [0.3, 0.4) is 0 Å². The van der Waals surface area contributed by atoms with Crippen molar-refractivity contribution in [3.8, 4) is 0 Å². The number of rotatable bonds is 15. The van der Waals surface area contributed by atoms with Crippen LogP contribution in [0.15, 0.2) is 24.5 Å². The van der Waals surface area contributed by atoms with Gasteiger partial charge in [-0.25, -0.2) is 14.8 Å². The molecule has 2 atom stereocenters. The Balaban J connectivity index is 1.61. The van der Waals surface area contributed by atoms with Crippen molar-refractivity contribution >= 4 is 17.6 Å². The van der Waals surface area contributed by atoms with Crippen LogP contribution in [0.25, 0.3) is 0 Å². The van der Waals surface area contributed by atoms with E-state index in [1.807, 2.05) is 45.8 Å². The van der Waals surface area contributed by atoms with Crippen molar-refractivity contribution in [1.29, 1.82) is 0 Å².